The number of aromatic hydroxyl groups is 1. The van der Waals surface area contributed by atoms with Crippen molar-refractivity contribution in [3.05, 3.63) is 55.2 Å². The van der Waals surface area contributed by atoms with Gasteiger partial charge in [-0.2, -0.15) is 0 Å². The summed E-state index contributed by atoms with van der Waals surface area (Å²) < 4.78 is 0. The van der Waals surface area contributed by atoms with Gasteiger partial charge in [0.15, 0.2) is 5.75 Å². The minimum absolute atomic E-state index is 0.0729. The molecule has 2 rings (SSSR count). The molecule has 0 unspecified atom stereocenters. The van der Waals surface area contributed by atoms with Crippen LogP contribution >= 0.6 is 0 Å². The molecule has 0 amide bonds. The van der Waals surface area contributed by atoms with Crippen LogP contribution in [0.4, 0.5) is 5.69 Å². The predicted molar refractivity (Wildman–Crippen MR) is 80.4 cm³/mol. The van der Waals surface area contributed by atoms with E-state index < -0.39 is 16.6 Å². The third kappa shape index (κ3) is 2.73. The van der Waals surface area contributed by atoms with Gasteiger partial charge in [0.05, 0.1) is 5.56 Å². The van der Waals surface area contributed by atoms with E-state index in [0.717, 1.165) is 12.2 Å². The van der Waals surface area contributed by atoms with Gasteiger partial charge >= 0.3 is 0 Å². The first-order valence-electron chi connectivity index (χ1n) is 6.48. The highest BCUT2D eigenvalue weighted by atomic mass is 16.3. The molecule has 0 aromatic heterocycles. The summed E-state index contributed by atoms with van der Waals surface area (Å²) in [5, 5.41) is 12.9. The largest absolute Gasteiger partial charge is 0.503 e. The van der Waals surface area contributed by atoms with Gasteiger partial charge in [0.2, 0.25) is 5.43 Å². The fourth-order valence-corrected chi connectivity index (χ4v) is 2.17. The molecule has 108 valence electrons. The Bertz CT molecular complexity index is 753. The first-order valence-corrected chi connectivity index (χ1v) is 6.48. The Kier molecular flexibility index (Phi) is 4.25. The van der Waals surface area contributed by atoms with Crippen molar-refractivity contribution in [2.24, 2.45) is 5.11 Å². The molecular weight excluding hydrogens is 272 g/mol. The van der Waals surface area contributed by atoms with Crippen LogP contribution < -0.4 is 15.8 Å². The fraction of sp³-hybridized carbons (Fsp3) is 0.286. The quantitative estimate of drug-likeness (QED) is 0.378. The number of benzene rings is 1. The van der Waals surface area contributed by atoms with E-state index in [4.69, 9.17) is 5.53 Å². The fourth-order valence-electron chi connectivity index (χ4n) is 2.17. The Morgan fingerprint density at radius 2 is 1.90 bits per heavy atom. The van der Waals surface area contributed by atoms with Crippen LogP contribution in [-0.2, 0) is 0 Å². The molecule has 0 aliphatic heterocycles. The van der Waals surface area contributed by atoms with E-state index in [1.807, 2.05) is 11.8 Å². The number of hydrogen-bond acceptors (Lipinski definition) is 5. The molecule has 1 N–H and O–H groups in total. The molecule has 0 aliphatic carbocycles. The van der Waals surface area contributed by atoms with E-state index in [0.29, 0.717) is 18.7 Å². The van der Waals surface area contributed by atoms with Gasteiger partial charge in [-0.25, -0.2) is 0 Å². The van der Waals surface area contributed by atoms with E-state index in [-0.39, 0.29) is 5.56 Å². The molecule has 0 aliphatic rings. The molecule has 0 heterocycles. The highest BCUT2D eigenvalue weighted by molar-refractivity contribution is 5.74. The summed E-state index contributed by atoms with van der Waals surface area (Å²) in [6, 6.07) is 6.96. The van der Waals surface area contributed by atoms with Crippen molar-refractivity contribution in [2.75, 3.05) is 24.5 Å². The summed E-state index contributed by atoms with van der Waals surface area (Å²) in [4.78, 5) is 27.1. The van der Waals surface area contributed by atoms with Gasteiger partial charge in [-0.05, 0) is 30.2 Å². The minimum Gasteiger partial charge on any atom is -0.503 e. The maximum atomic E-state index is 11.4. The zero-order chi connectivity index (χ0) is 15.4. The lowest BCUT2D eigenvalue weighted by Gasteiger charge is -2.22. The van der Waals surface area contributed by atoms with Crippen LogP contribution in [0.15, 0.2) is 39.0 Å². The predicted octanol–water partition coefficient (Wildman–Crippen LogP) is 1.79. The molecule has 0 fully saturated rings. The van der Waals surface area contributed by atoms with E-state index in [1.54, 1.807) is 24.3 Å². The number of anilines is 1. The summed E-state index contributed by atoms with van der Waals surface area (Å²) in [7, 11) is 0. The van der Waals surface area contributed by atoms with Crippen LogP contribution in [0, 0.1) is 0 Å². The number of rotatable bonds is 6. The number of likely N-dealkylation sites (N-methyl/N-ethyl adjacent to an activating group) is 1. The summed E-state index contributed by atoms with van der Waals surface area (Å²) >= 11 is 0. The molecule has 0 saturated carbocycles. The molecule has 7 nitrogen and oxygen atoms in total. The van der Waals surface area contributed by atoms with E-state index in [9.17, 15) is 14.7 Å². The second-order valence-electron chi connectivity index (χ2n) is 4.46. The van der Waals surface area contributed by atoms with Gasteiger partial charge in [-0.15, -0.1) is 0 Å². The number of nitrogens with zero attached hydrogens (tertiary/aromatic N) is 4. The van der Waals surface area contributed by atoms with E-state index in [2.05, 4.69) is 10.0 Å². The minimum atomic E-state index is -0.835. The average Bonchev–Trinajstić information content (AvgIpc) is 2.52. The zero-order valence-electron chi connectivity index (χ0n) is 11.5. The third-order valence-corrected chi connectivity index (χ3v) is 3.32. The lowest BCUT2D eigenvalue weighted by Crippen LogP contribution is -2.31. The number of hydrogen-bond donors (Lipinski definition) is 1. The van der Waals surface area contributed by atoms with Gasteiger partial charge in [-0.1, -0.05) is 17.2 Å². The molecule has 7 heteroatoms. The topological polar surface area (TPSA) is 106 Å². The molecule has 0 atom stereocenters. The summed E-state index contributed by atoms with van der Waals surface area (Å²) in [6.07, 6.45) is 0. The van der Waals surface area contributed by atoms with Crippen LogP contribution in [0.25, 0.3) is 21.6 Å². The van der Waals surface area contributed by atoms with Gasteiger partial charge in [0, 0.05) is 30.2 Å². The molecular formula is C14H14N4O3. The molecule has 2 aromatic carbocycles. The van der Waals surface area contributed by atoms with Crippen LogP contribution in [-0.4, -0.2) is 24.7 Å². The van der Waals surface area contributed by atoms with Gasteiger partial charge in [0.1, 0.15) is 0 Å². The highest BCUT2D eigenvalue weighted by Crippen LogP contribution is 2.26. The lowest BCUT2D eigenvalue weighted by molar-refractivity contribution is 0.465. The van der Waals surface area contributed by atoms with Crippen molar-refractivity contribution in [3.8, 4) is 16.9 Å². The van der Waals surface area contributed by atoms with Crippen molar-refractivity contribution in [1.82, 2.24) is 0 Å². The normalized spacial score (nSPS) is 10.3. The van der Waals surface area contributed by atoms with Crippen LogP contribution in [0.1, 0.15) is 6.92 Å². The highest BCUT2D eigenvalue weighted by Gasteiger charge is 2.21. The second kappa shape index (κ2) is 6.11. The second-order valence-corrected chi connectivity index (χ2v) is 4.46. The first kappa shape index (κ1) is 14.6. The van der Waals surface area contributed by atoms with Crippen LogP contribution in [0.2, 0.25) is 0 Å². The SMILES string of the molecule is CCN(CCN=[N+]=[N-])c1ccc(-c2c(O)c(=O)c2=O)cc1. The monoisotopic (exact) mass is 286 g/mol. The van der Waals surface area contributed by atoms with Gasteiger partial charge < -0.3 is 10.0 Å². The maximum absolute atomic E-state index is 11.4. The first-order chi connectivity index (χ1) is 10.1. The standard InChI is InChI=1S/C14H14N4O3/c1-2-18(8-7-16-17-15)10-5-3-9(4-6-10)11-12(19)14(21)13(11)20/h3-6,19H,2,7-8H2,1H3. The summed E-state index contributed by atoms with van der Waals surface area (Å²) in [6.45, 7) is 3.68. The van der Waals surface area contributed by atoms with Crippen LogP contribution in [0.3, 0.4) is 0 Å². The molecule has 2 aromatic rings. The Morgan fingerprint density at radius 1 is 1.24 bits per heavy atom. The molecule has 0 bridgehead atoms. The molecule has 21 heavy (non-hydrogen) atoms. The third-order valence-electron chi connectivity index (χ3n) is 3.32. The van der Waals surface area contributed by atoms with Gasteiger partial charge in [-0.3, -0.25) is 9.59 Å². The van der Waals surface area contributed by atoms with E-state index in [1.165, 1.54) is 0 Å². The summed E-state index contributed by atoms with van der Waals surface area (Å²) in [5.74, 6) is -0.469. The van der Waals surface area contributed by atoms with E-state index >= 15 is 0 Å². The van der Waals surface area contributed by atoms with Crippen molar-refractivity contribution in [2.45, 2.75) is 6.92 Å². The van der Waals surface area contributed by atoms with Crippen molar-refractivity contribution >= 4 is 5.69 Å². The molecule has 0 spiro atoms. The number of azide groups is 1. The average molecular weight is 286 g/mol. The van der Waals surface area contributed by atoms with Crippen LogP contribution in [0.5, 0.6) is 5.75 Å². The summed E-state index contributed by atoms with van der Waals surface area (Å²) in [5.41, 5.74) is 8.29. The molecule has 0 radical (unpaired) electrons. The van der Waals surface area contributed by atoms with Crippen molar-refractivity contribution < 1.29 is 5.11 Å². The lowest BCUT2D eigenvalue weighted by atomic mass is 10.00. The Hall–Kier alpha value is -2.79. The Labute approximate surface area is 120 Å². The van der Waals surface area contributed by atoms with Crippen molar-refractivity contribution in [1.29, 1.82) is 0 Å². The molecule has 0 saturated heterocycles. The maximum Gasteiger partial charge on any atom is 0.268 e. The Morgan fingerprint density at radius 3 is 2.43 bits per heavy atom. The van der Waals surface area contributed by atoms with Crippen molar-refractivity contribution in [3.63, 3.8) is 0 Å². The zero-order valence-corrected chi connectivity index (χ0v) is 11.5. The Balaban J connectivity index is 2.20. The van der Waals surface area contributed by atoms with Gasteiger partial charge in [0.25, 0.3) is 5.43 Å². The smallest absolute Gasteiger partial charge is 0.268 e.